The Morgan fingerprint density at radius 2 is 2.07 bits per heavy atom. The summed E-state index contributed by atoms with van der Waals surface area (Å²) in [4.78, 5) is 15.7. The molecule has 3 heterocycles. The largest absolute Gasteiger partial charge is 0.475 e. The predicted molar refractivity (Wildman–Crippen MR) is 96.5 cm³/mol. The van der Waals surface area contributed by atoms with Gasteiger partial charge >= 0.3 is 19.4 Å². The molecule has 2 aromatic rings. The van der Waals surface area contributed by atoms with Gasteiger partial charge < -0.3 is 4.74 Å². The normalized spacial score (nSPS) is 30.8. The van der Waals surface area contributed by atoms with Crippen molar-refractivity contribution in [1.29, 1.82) is 0 Å². The number of hydrogen-bond acceptors (Lipinski definition) is 7. The lowest BCUT2D eigenvalue weighted by Crippen LogP contribution is -2.45. The maximum Gasteiger partial charge on any atom is 0.475 e. The lowest BCUT2D eigenvalue weighted by molar-refractivity contribution is -0.138. The zero-order valence-corrected chi connectivity index (χ0v) is 16.6. The second kappa shape index (κ2) is 7.37. The number of alkyl halides is 2. The van der Waals surface area contributed by atoms with Gasteiger partial charge in [-0.25, -0.2) is 9.36 Å². The molecule has 2 aliphatic rings. The van der Waals surface area contributed by atoms with E-state index < -0.39 is 44.5 Å². The van der Waals surface area contributed by atoms with Crippen molar-refractivity contribution in [3.05, 3.63) is 63.8 Å². The summed E-state index contributed by atoms with van der Waals surface area (Å²) >= 11 is 0. The number of nitrogens with zero attached hydrogens (tertiary/aromatic N) is 2. The second-order valence-electron chi connectivity index (χ2n) is 6.93. The van der Waals surface area contributed by atoms with Crippen LogP contribution >= 0.6 is 7.82 Å². The average molecular weight is 428 g/mol. The SMILES string of the molecule is Cc1ccn([C@@H]2O[C@@H]3COP(=O)(OCc4ccccc4C)O[C@H]3C2(F)F)c(=O)n1. The molecule has 156 valence electrons. The summed E-state index contributed by atoms with van der Waals surface area (Å²) in [5.74, 6) is -3.66. The number of fused-ring (bicyclic) bond motifs is 1. The van der Waals surface area contributed by atoms with E-state index in [1.54, 1.807) is 19.1 Å². The molecular weight excluding hydrogens is 409 g/mol. The second-order valence-corrected chi connectivity index (χ2v) is 8.55. The highest BCUT2D eigenvalue weighted by Gasteiger charge is 2.65. The van der Waals surface area contributed by atoms with Gasteiger partial charge in [0.15, 0.2) is 6.10 Å². The quantitative estimate of drug-likeness (QED) is 0.692. The molecule has 0 N–H and O–H groups in total. The number of phosphoric ester groups is 1. The van der Waals surface area contributed by atoms with Crippen molar-refractivity contribution >= 4 is 7.82 Å². The number of hydrogen-bond donors (Lipinski definition) is 0. The molecule has 0 bridgehead atoms. The van der Waals surface area contributed by atoms with Gasteiger partial charge in [0.05, 0.1) is 13.2 Å². The number of ether oxygens (including phenoxy) is 1. The number of rotatable bonds is 4. The van der Waals surface area contributed by atoms with Crippen molar-refractivity contribution in [1.82, 2.24) is 9.55 Å². The van der Waals surface area contributed by atoms with E-state index in [-0.39, 0.29) is 6.61 Å². The van der Waals surface area contributed by atoms with Gasteiger partial charge in [-0.1, -0.05) is 24.3 Å². The molecule has 29 heavy (non-hydrogen) atoms. The molecule has 1 aromatic carbocycles. The summed E-state index contributed by atoms with van der Waals surface area (Å²) < 4.78 is 64.3. The van der Waals surface area contributed by atoms with Gasteiger partial charge in [-0.15, -0.1) is 0 Å². The van der Waals surface area contributed by atoms with E-state index in [2.05, 4.69) is 4.98 Å². The molecule has 1 aromatic heterocycles. The Kier molecular flexibility index (Phi) is 5.16. The van der Waals surface area contributed by atoms with Crippen LogP contribution in [0.3, 0.4) is 0 Å². The zero-order chi connectivity index (χ0) is 20.8. The van der Waals surface area contributed by atoms with Gasteiger partial charge in [0.2, 0.25) is 6.23 Å². The van der Waals surface area contributed by atoms with Crippen LogP contribution in [0.2, 0.25) is 0 Å². The van der Waals surface area contributed by atoms with E-state index >= 15 is 8.78 Å². The standard InChI is InChI=1S/C18H19F2N2O6P/c1-11-5-3-4-6-13(11)9-25-29(24)26-10-14-15(28-29)18(19,20)16(27-14)22-8-7-12(2)21-17(22)23/h3-8,14-16H,9-10H2,1-2H3/t14-,15-,16-,29?/m1/s1. The van der Waals surface area contributed by atoms with Crippen molar-refractivity contribution in [3.63, 3.8) is 0 Å². The minimum atomic E-state index is -4.25. The summed E-state index contributed by atoms with van der Waals surface area (Å²) in [6.45, 7) is 2.86. The van der Waals surface area contributed by atoms with Crippen LogP contribution in [0.4, 0.5) is 8.78 Å². The molecule has 0 amide bonds. The van der Waals surface area contributed by atoms with E-state index in [9.17, 15) is 9.36 Å². The molecule has 1 unspecified atom stereocenters. The Morgan fingerprint density at radius 1 is 1.31 bits per heavy atom. The van der Waals surface area contributed by atoms with Gasteiger partial charge in [0.25, 0.3) is 0 Å². The molecule has 2 saturated heterocycles. The molecule has 11 heteroatoms. The maximum atomic E-state index is 15.0. The van der Waals surface area contributed by atoms with Crippen molar-refractivity contribution in [3.8, 4) is 0 Å². The van der Waals surface area contributed by atoms with Gasteiger partial charge in [-0.05, 0) is 31.0 Å². The Labute approximate surface area is 165 Å². The smallest absolute Gasteiger partial charge is 0.343 e. The van der Waals surface area contributed by atoms with Crippen LogP contribution in [-0.4, -0.2) is 34.3 Å². The third-order valence-corrected chi connectivity index (χ3v) is 6.25. The summed E-state index contributed by atoms with van der Waals surface area (Å²) in [5.41, 5.74) is 1.11. The molecule has 4 rings (SSSR count). The van der Waals surface area contributed by atoms with Crippen molar-refractivity contribution < 1.29 is 31.7 Å². The van der Waals surface area contributed by atoms with Gasteiger partial charge in [-0.2, -0.15) is 13.8 Å². The molecule has 0 radical (unpaired) electrons. The fourth-order valence-corrected chi connectivity index (χ4v) is 4.61. The lowest BCUT2D eigenvalue weighted by Gasteiger charge is -2.31. The molecule has 0 spiro atoms. The first-order valence-electron chi connectivity index (χ1n) is 8.91. The minimum Gasteiger partial charge on any atom is -0.343 e. The van der Waals surface area contributed by atoms with E-state index in [1.807, 2.05) is 19.1 Å². The zero-order valence-electron chi connectivity index (χ0n) is 15.7. The first-order chi connectivity index (χ1) is 13.7. The molecule has 4 atom stereocenters. The highest BCUT2D eigenvalue weighted by molar-refractivity contribution is 7.48. The van der Waals surface area contributed by atoms with Crippen LogP contribution in [0.1, 0.15) is 23.0 Å². The molecular formula is C18H19F2N2O6P. The van der Waals surface area contributed by atoms with Gasteiger partial charge in [-0.3, -0.25) is 18.1 Å². The number of benzene rings is 1. The van der Waals surface area contributed by atoms with E-state index in [0.717, 1.165) is 11.1 Å². The third kappa shape index (κ3) is 3.78. The fraction of sp³-hybridized carbons (Fsp3) is 0.444. The van der Waals surface area contributed by atoms with Crippen LogP contribution in [0, 0.1) is 13.8 Å². The summed E-state index contributed by atoms with van der Waals surface area (Å²) in [6, 6.07) is 8.61. The Bertz CT molecular complexity index is 1030. The van der Waals surface area contributed by atoms with Crippen molar-refractivity contribution in [2.75, 3.05) is 6.61 Å². The summed E-state index contributed by atoms with van der Waals surface area (Å²) in [7, 11) is -4.25. The number of halogens is 2. The Morgan fingerprint density at radius 3 is 2.79 bits per heavy atom. The van der Waals surface area contributed by atoms with Crippen LogP contribution in [0.25, 0.3) is 0 Å². The molecule has 2 aliphatic heterocycles. The number of aromatic nitrogens is 2. The highest BCUT2D eigenvalue weighted by atomic mass is 31.2. The topological polar surface area (TPSA) is 88.9 Å². The summed E-state index contributed by atoms with van der Waals surface area (Å²) in [6.07, 6.45) is -3.88. The van der Waals surface area contributed by atoms with Crippen molar-refractivity contribution in [2.24, 2.45) is 0 Å². The predicted octanol–water partition coefficient (Wildman–Crippen LogP) is 3.13. The average Bonchev–Trinajstić information content (AvgIpc) is 2.92. The highest BCUT2D eigenvalue weighted by Crippen LogP contribution is 2.60. The Balaban J connectivity index is 1.53. The van der Waals surface area contributed by atoms with Crippen LogP contribution in [0.15, 0.2) is 41.3 Å². The van der Waals surface area contributed by atoms with Crippen LogP contribution in [0.5, 0.6) is 0 Å². The monoisotopic (exact) mass is 428 g/mol. The number of phosphoric acid groups is 1. The first-order valence-corrected chi connectivity index (χ1v) is 10.4. The minimum absolute atomic E-state index is 0.126. The summed E-state index contributed by atoms with van der Waals surface area (Å²) in [5, 5.41) is 0. The van der Waals surface area contributed by atoms with Gasteiger partial charge in [0, 0.05) is 11.9 Å². The molecule has 2 fully saturated rings. The van der Waals surface area contributed by atoms with Crippen molar-refractivity contribution in [2.45, 2.75) is 44.8 Å². The molecule has 0 aliphatic carbocycles. The fourth-order valence-electron chi connectivity index (χ4n) is 3.23. The third-order valence-electron chi connectivity index (χ3n) is 4.85. The molecule has 8 nitrogen and oxygen atoms in total. The molecule has 0 saturated carbocycles. The maximum absolute atomic E-state index is 15.0. The lowest BCUT2D eigenvalue weighted by atomic mass is 10.1. The van der Waals surface area contributed by atoms with E-state index in [1.165, 1.54) is 12.3 Å². The first kappa shape index (κ1) is 20.3. The van der Waals surface area contributed by atoms with Crippen LogP contribution < -0.4 is 5.69 Å². The van der Waals surface area contributed by atoms with E-state index in [4.69, 9.17) is 18.3 Å². The number of aryl methyl sites for hydroxylation is 2. The van der Waals surface area contributed by atoms with Crippen LogP contribution in [-0.2, 0) is 29.5 Å². The Hall–Kier alpha value is -1.97. The van der Waals surface area contributed by atoms with E-state index in [0.29, 0.717) is 10.3 Å². The van der Waals surface area contributed by atoms with Gasteiger partial charge in [0.1, 0.15) is 6.10 Å².